The molecule has 1 aromatic heterocycles. The van der Waals surface area contributed by atoms with Gasteiger partial charge in [0.1, 0.15) is 0 Å². The first-order valence-electron chi connectivity index (χ1n) is 5.59. The highest BCUT2D eigenvalue weighted by atomic mass is 79.9. The fourth-order valence-corrected chi connectivity index (χ4v) is 2.41. The molecule has 0 spiro atoms. The van der Waals surface area contributed by atoms with E-state index in [1.807, 2.05) is 12.3 Å². The number of aromatic nitrogens is 1. The number of rotatable bonds is 3. The molecule has 0 N–H and O–H groups in total. The van der Waals surface area contributed by atoms with Crippen LogP contribution in [0.5, 0.6) is 0 Å². The van der Waals surface area contributed by atoms with Crippen LogP contribution >= 0.6 is 15.9 Å². The van der Waals surface area contributed by atoms with Gasteiger partial charge in [-0.15, -0.1) is 0 Å². The molecule has 1 aliphatic rings. The first-order valence-corrected chi connectivity index (χ1v) is 6.38. The number of likely N-dealkylation sites (N-methyl/N-ethyl adjacent to an activating group) is 1. The molecule has 0 amide bonds. The van der Waals surface area contributed by atoms with Crippen LogP contribution < -0.4 is 0 Å². The molecule has 1 aromatic rings. The van der Waals surface area contributed by atoms with E-state index in [0.717, 1.165) is 29.7 Å². The Morgan fingerprint density at radius 3 is 2.94 bits per heavy atom. The van der Waals surface area contributed by atoms with E-state index in [2.05, 4.69) is 45.9 Å². The van der Waals surface area contributed by atoms with Crippen LogP contribution in [0.3, 0.4) is 0 Å². The van der Waals surface area contributed by atoms with E-state index < -0.39 is 0 Å². The number of halogens is 1. The van der Waals surface area contributed by atoms with Crippen LogP contribution in [0.1, 0.15) is 19.0 Å². The molecular formula is C12H17BrN2O. The SMILES string of the molecule is CC1OCCC1N(C)Cc1ccc(Br)cn1. The minimum Gasteiger partial charge on any atom is -0.377 e. The Hall–Kier alpha value is -0.450. The standard InChI is InChI=1S/C12H17BrN2O/c1-9-12(5-6-16-9)15(2)8-11-4-3-10(13)7-14-11/h3-4,7,9,12H,5-6,8H2,1-2H3. The zero-order chi connectivity index (χ0) is 11.5. The van der Waals surface area contributed by atoms with E-state index in [1.54, 1.807) is 0 Å². The molecule has 1 saturated heterocycles. The summed E-state index contributed by atoms with van der Waals surface area (Å²) >= 11 is 3.39. The first kappa shape index (κ1) is 12.0. The van der Waals surface area contributed by atoms with Gasteiger partial charge in [-0.25, -0.2) is 0 Å². The van der Waals surface area contributed by atoms with Crippen molar-refractivity contribution in [1.82, 2.24) is 9.88 Å². The van der Waals surface area contributed by atoms with E-state index in [4.69, 9.17) is 4.74 Å². The molecule has 0 radical (unpaired) electrons. The number of hydrogen-bond acceptors (Lipinski definition) is 3. The van der Waals surface area contributed by atoms with Crippen LogP contribution in [0.15, 0.2) is 22.8 Å². The molecule has 1 fully saturated rings. The summed E-state index contributed by atoms with van der Waals surface area (Å²) in [6.45, 7) is 3.90. The van der Waals surface area contributed by atoms with Crippen molar-refractivity contribution in [3.8, 4) is 0 Å². The van der Waals surface area contributed by atoms with Crippen molar-refractivity contribution in [3.05, 3.63) is 28.5 Å². The molecule has 2 atom stereocenters. The second-order valence-electron chi connectivity index (χ2n) is 4.31. The number of ether oxygens (including phenoxy) is 1. The summed E-state index contributed by atoms with van der Waals surface area (Å²) in [6, 6.07) is 4.61. The summed E-state index contributed by atoms with van der Waals surface area (Å²) in [5.41, 5.74) is 1.10. The monoisotopic (exact) mass is 284 g/mol. The van der Waals surface area contributed by atoms with Crippen LogP contribution in [0.4, 0.5) is 0 Å². The van der Waals surface area contributed by atoms with Gasteiger partial charge in [0, 0.05) is 29.9 Å². The third kappa shape index (κ3) is 2.81. The van der Waals surface area contributed by atoms with Gasteiger partial charge in [-0.2, -0.15) is 0 Å². The second kappa shape index (κ2) is 5.25. The summed E-state index contributed by atoms with van der Waals surface area (Å²) in [5.74, 6) is 0. The first-order chi connectivity index (χ1) is 7.66. The molecule has 0 saturated carbocycles. The molecule has 0 aromatic carbocycles. The van der Waals surface area contributed by atoms with Gasteiger partial charge < -0.3 is 4.74 Å². The average molecular weight is 285 g/mol. The third-order valence-electron chi connectivity index (χ3n) is 3.10. The number of pyridine rings is 1. The molecule has 4 heteroatoms. The van der Waals surface area contributed by atoms with Crippen molar-refractivity contribution in [2.75, 3.05) is 13.7 Å². The lowest BCUT2D eigenvalue weighted by molar-refractivity contribution is 0.0810. The average Bonchev–Trinajstić information content (AvgIpc) is 2.68. The van der Waals surface area contributed by atoms with Gasteiger partial charge in [-0.3, -0.25) is 9.88 Å². The Morgan fingerprint density at radius 2 is 2.38 bits per heavy atom. The van der Waals surface area contributed by atoms with Crippen molar-refractivity contribution in [2.45, 2.75) is 32.0 Å². The van der Waals surface area contributed by atoms with E-state index in [1.165, 1.54) is 0 Å². The minimum atomic E-state index is 0.334. The molecular weight excluding hydrogens is 268 g/mol. The van der Waals surface area contributed by atoms with E-state index in [-0.39, 0.29) is 0 Å². The Bertz CT molecular complexity index is 341. The molecule has 1 aliphatic heterocycles. The van der Waals surface area contributed by atoms with Crippen LogP contribution in [-0.2, 0) is 11.3 Å². The Kier molecular flexibility index (Phi) is 3.95. The maximum absolute atomic E-state index is 5.57. The highest BCUT2D eigenvalue weighted by Gasteiger charge is 2.27. The summed E-state index contributed by atoms with van der Waals surface area (Å²) in [5, 5.41) is 0. The Balaban J connectivity index is 1.96. The third-order valence-corrected chi connectivity index (χ3v) is 3.57. The summed E-state index contributed by atoms with van der Waals surface area (Å²) in [6.07, 6.45) is 3.30. The van der Waals surface area contributed by atoms with Gasteiger partial charge >= 0.3 is 0 Å². The Morgan fingerprint density at radius 1 is 1.56 bits per heavy atom. The molecule has 3 nitrogen and oxygen atoms in total. The lowest BCUT2D eigenvalue weighted by atomic mass is 10.1. The van der Waals surface area contributed by atoms with E-state index >= 15 is 0 Å². The zero-order valence-corrected chi connectivity index (χ0v) is 11.3. The largest absolute Gasteiger partial charge is 0.377 e. The van der Waals surface area contributed by atoms with Crippen LogP contribution in [0.2, 0.25) is 0 Å². The van der Waals surface area contributed by atoms with Crippen molar-refractivity contribution in [2.24, 2.45) is 0 Å². The van der Waals surface area contributed by atoms with Gasteiger partial charge in [-0.05, 0) is 48.5 Å². The van der Waals surface area contributed by atoms with Gasteiger partial charge in [0.2, 0.25) is 0 Å². The maximum Gasteiger partial charge on any atom is 0.0703 e. The molecule has 2 heterocycles. The highest BCUT2D eigenvalue weighted by molar-refractivity contribution is 9.10. The van der Waals surface area contributed by atoms with Crippen LogP contribution in [0.25, 0.3) is 0 Å². The predicted octanol–water partition coefficient (Wildman–Crippen LogP) is 2.45. The summed E-state index contributed by atoms with van der Waals surface area (Å²) in [7, 11) is 2.14. The summed E-state index contributed by atoms with van der Waals surface area (Å²) < 4.78 is 6.60. The van der Waals surface area contributed by atoms with Gasteiger partial charge in [0.15, 0.2) is 0 Å². The topological polar surface area (TPSA) is 25.4 Å². The van der Waals surface area contributed by atoms with Crippen molar-refractivity contribution in [3.63, 3.8) is 0 Å². The highest BCUT2D eigenvalue weighted by Crippen LogP contribution is 2.19. The molecule has 0 bridgehead atoms. The second-order valence-corrected chi connectivity index (χ2v) is 5.23. The fourth-order valence-electron chi connectivity index (χ4n) is 2.17. The van der Waals surface area contributed by atoms with Crippen molar-refractivity contribution in [1.29, 1.82) is 0 Å². The quantitative estimate of drug-likeness (QED) is 0.853. The molecule has 0 aliphatic carbocycles. The lowest BCUT2D eigenvalue weighted by Gasteiger charge is -2.26. The minimum absolute atomic E-state index is 0.334. The number of hydrogen-bond donors (Lipinski definition) is 0. The maximum atomic E-state index is 5.57. The van der Waals surface area contributed by atoms with E-state index in [0.29, 0.717) is 12.1 Å². The summed E-state index contributed by atoms with van der Waals surface area (Å²) in [4.78, 5) is 6.71. The van der Waals surface area contributed by atoms with Crippen LogP contribution in [0, 0.1) is 0 Å². The Labute approximate surface area is 105 Å². The van der Waals surface area contributed by atoms with Crippen molar-refractivity contribution < 1.29 is 4.74 Å². The van der Waals surface area contributed by atoms with E-state index in [9.17, 15) is 0 Å². The van der Waals surface area contributed by atoms with Gasteiger partial charge in [0.05, 0.1) is 11.8 Å². The predicted molar refractivity (Wildman–Crippen MR) is 67.2 cm³/mol. The molecule has 88 valence electrons. The van der Waals surface area contributed by atoms with Gasteiger partial charge in [-0.1, -0.05) is 0 Å². The fraction of sp³-hybridized carbons (Fsp3) is 0.583. The smallest absolute Gasteiger partial charge is 0.0703 e. The van der Waals surface area contributed by atoms with Gasteiger partial charge in [0.25, 0.3) is 0 Å². The zero-order valence-electron chi connectivity index (χ0n) is 9.69. The molecule has 2 rings (SSSR count). The van der Waals surface area contributed by atoms with Crippen LogP contribution in [-0.4, -0.2) is 35.7 Å². The molecule has 16 heavy (non-hydrogen) atoms. The van der Waals surface area contributed by atoms with Crippen molar-refractivity contribution >= 4 is 15.9 Å². The lowest BCUT2D eigenvalue weighted by Crippen LogP contribution is -2.36. The molecule has 2 unspecified atom stereocenters. The normalized spacial score (nSPS) is 25.2. The number of nitrogens with zero attached hydrogens (tertiary/aromatic N) is 2.